The van der Waals surface area contributed by atoms with Crippen LogP contribution in [0.15, 0.2) is 23.8 Å². The number of hydrogen-bond donors (Lipinski definition) is 1. The van der Waals surface area contributed by atoms with Gasteiger partial charge >= 0.3 is 5.97 Å². The van der Waals surface area contributed by atoms with Gasteiger partial charge in [-0.15, -0.1) is 6.42 Å². The zero-order valence-electron chi connectivity index (χ0n) is 12.3. The minimum absolute atomic E-state index is 0.0349. The van der Waals surface area contributed by atoms with E-state index in [2.05, 4.69) is 11.2 Å². The van der Waals surface area contributed by atoms with Crippen molar-refractivity contribution in [3.8, 4) is 12.3 Å². The minimum Gasteiger partial charge on any atom is -0.468 e. The molecule has 2 unspecified atom stereocenters. The third-order valence-electron chi connectivity index (χ3n) is 4.57. The molecule has 0 aromatic rings. The van der Waals surface area contributed by atoms with E-state index in [1.165, 1.54) is 26.4 Å². The molecule has 3 nitrogen and oxygen atoms in total. The Hall–Kier alpha value is -1.53. The first-order valence-electron chi connectivity index (χ1n) is 7.35. The van der Waals surface area contributed by atoms with Crippen molar-refractivity contribution < 1.29 is 9.53 Å². The maximum Gasteiger partial charge on any atom is 0.328 e. The second kappa shape index (κ2) is 6.28. The fraction of sp³-hybridized carbons (Fsp3) is 0.588. The summed E-state index contributed by atoms with van der Waals surface area (Å²) in [6.45, 7) is 1.97. The molecule has 0 aromatic heterocycles. The van der Waals surface area contributed by atoms with E-state index in [0.29, 0.717) is 5.92 Å². The van der Waals surface area contributed by atoms with Crippen LogP contribution >= 0.6 is 0 Å². The molecule has 0 amide bonds. The summed E-state index contributed by atoms with van der Waals surface area (Å²) in [7, 11) is 1.47. The van der Waals surface area contributed by atoms with E-state index in [1.807, 2.05) is 19.1 Å². The van der Waals surface area contributed by atoms with Crippen molar-refractivity contribution in [3.05, 3.63) is 23.8 Å². The van der Waals surface area contributed by atoms with Gasteiger partial charge in [0.15, 0.2) is 0 Å². The topological polar surface area (TPSA) is 48.2 Å². The number of rotatable bonds is 4. The van der Waals surface area contributed by atoms with E-state index in [-0.39, 0.29) is 12.0 Å². The first-order valence-corrected chi connectivity index (χ1v) is 7.35. The van der Waals surface area contributed by atoms with Gasteiger partial charge in [0, 0.05) is 0 Å². The first-order chi connectivity index (χ1) is 9.70. The number of nitrogens with one attached hydrogen (secondary N) is 1. The van der Waals surface area contributed by atoms with Gasteiger partial charge in [0.25, 0.3) is 0 Å². The van der Waals surface area contributed by atoms with Crippen LogP contribution in [0.4, 0.5) is 0 Å². The van der Waals surface area contributed by atoms with Crippen molar-refractivity contribution in [2.45, 2.75) is 50.6 Å². The standard InChI is InChI=1S/C17H23NO2/c1-4-6-10-13(5-2)15-17(18-15,16(19)20-3)14-11-8-7-9-12-14/h1,5-6,10,14-15,18H,7-9,11-12H2,2-3H3/b10-6-,13-5+. The Morgan fingerprint density at radius 3 is 2.65 bits per heavy atom. The highest BCUT2D eigenvalue weighted by molar-refractivity contribution is 5.88. The number of carbonyl (C=O) groups excluding carboxylic acids is 1. The van der Waals surface area contributed by atoms with Crippen molar-refractivity contribution >= 4 is 5.97 Å². The molecule has 0 aromatic carbocycles. The molecule has 2 aliphatic rings. The number of hydrogen-bond acceptors (Lipinski definition) is 3. The van der Waals surface area contributed by atoms with Gasteiger partial charge in [0.1, 0.15) is 5.54 Å². The quantitative estimate of drug-likeness (QED) is 0.371. The smallest absolute Gasteiger partial charge is 0.328 e. The van der Waals surface area contributed by atoms with Crippen LogP contribution in [-0.2, 0) is 9.53 Å². The number of terminal acetylenes is 1. The number of carbonyl (C=O) groups is 1. The molecule has 0 bridgehead atoms. The van der Waals surface area contributed by atoms with E-state index < -0.39 is 5.54 Å². The fourth-order valence-corrected chi connectivity index (χ4v) is 3.47. The Morgan fingerprint density at radius 1 is 1.40 bits per heavy atom. The molecule has 1 aliphatic heterocycles. The predicted octanol–water partition coefficient (Wildman–Crippen LogP) is 2.59. The minimum atomic E-state index is -0.532. The van der Waals surface area contributed by atoms with Crippen molar-refractivity contribution in [2.75, 3.05) is 7.11 Å². The Balaban J connectivity index is 2.22. The van der Waals surface area contributed by atoms with Gasteiger partial charge in [-0.25, -0.2) is 4.79 Å². The molecule has 108 valence electrons. The monoisotopic (exact) mass is 273 g/mol. The number of allylic oxidation sites excluding steroid dienone is 2. The van der Waals surface area contributed by atoms with E-state index in [1.54, 1.807) is 6.08 Å². The van der Waals surface area contributed by atoms with Crippen LogP contribution in [0.25, 0.3) is 0 Å². The van der Waals surface area contributed by atoms with Gasteiger partial charge in [0.05, 0.1) is 13.2 Å². The van der Waals surface area contributed by atoms with Gasteiger partial charge in [0.2, 0.25) is 0 Å². The maximum absolute atomic E-state index is 12.3. The van der Waals surface area contributed by atoms with Crippen LogP contribution < -0.4 is 5.32 Å². The molecule has 1 heterocycles. The van der Waals surface area contributed by atoms with Crippen molar-refractivity contribution in [1.82, 2.24) is 5.32 Å². The summed E-state index contributed by atoms with van der Waals surface area (Å²) in [5.74, 6) is 2.73. The summed E-state index contributed by atoms with van der Waals surface area (Å²) >= 11 is 0. The summed E-state index contributed by atoms with van der Waals surface area (Å²) in [6, 6.07) is 0.0349. The molecule has 1 saturated heterocycles. The van der Waals surface area contributed by atoms with Gasteiger partial charge in [-0.05, 0) is 43.4 Å². The molecule has 1 saturated carbocycles. The molecular formula is C17H23NO2. The van der Waals surface area contributed by atoms with E-state index in [0.717, 1.165) is 18.4 Å². The highest BCUT2D eigenvalue weighted by Gasteiger charge is 2.65. The first kappa shape index (κ1) is 14.9. The zero-order valence-corrected chi connectivity index (χ0v) is 12.3. The SMILES string of the molecule is C#C/C=C\C(=C/C)C1NC1(C(=O)OC)C1CCCCC1. The second-order valence-electron chi connectivity index (χ2n) is 5.56. The Kier molecular flexibility index (Phi) is 4.67. The highest BCUT2D eigenvalue weighted by Crippen LogP contribution is 2.46. The van der Waals surface area contributed by atoms with E-state index >= 15 is 0 Å². The average molecular weight is 273 g/mol. The lowest BCUT2D eigenvalue weighted by Crippen LogP contribution is -2.40. The Labute approximate surface area is 121 Å². The van der Waals surface area contributed by atoms with Crippen LogP contribution in [0.5, 0.6) is 0 Å². The average Bonchev–Trinajstić information content (AvgIpc) is 3.25. The van der Waals surface area contributed by atoms with Crippen LogP contribution in [0.1, 0.15) is 39.0 Å². The Morgan fingerprint density at radius 2 is 2.10 bits per heavy atom. The van der Waals surface area contributed by atoms with Crippen LogP contribution in [0.2, 0.25) is 0 Å². The van der Waals surface area contributed by atoms with Gasteiger partial charge in [-0.2, -0.15) is 0 Å². The summed E-state index contributed by atoms with van der Waals surface area (Å²) in [5.41, 5.74) is 0.537. The fourth-order valence-electron chi connectivity index (χ4n) is 3.47. The molecule has 0 spiro atoms. The number of esters is 1. The number of ether oxygens (including phenoxy) is 1. The maximum atomic E-state index is 12.3. The van der Waals surface area contributed by atoms with Crippen LogP contribution in [0.3, 0.4) is 0 Å². The summed E-state index contributed by atoms with van der Waals surface area (Å²) in [5, 5.41) is 3.40. The summed E-state index contributed by atoms with van der Waals surface area (Å²) < 4.78 is 5.07. The van der Waals surface area contributed by atoms with Gasteiger partial charge < -0.3 is 4.74 Å². The molecule has 0 radical (unpaired) electrons. The largest absolute Gasteiger partial charge is 0.468 e. The highest BCUT2D eigenvalue weighted by atomic mass is 16.5. The predicted molar refractivity (Wildman–Crippen MR) is 80.0 cm³/mol. The third-order valence-corrected chi connectivity index (χ3v) is 4.57. The molecule has 2 fully saturated rings. The second-order valence-corrected chi connectivity index (χ2v) is 5.56. The van der Waals surface area contributed by atoms with Gasteiger partial charge in [-0.1, -0.05) is 31.3 Å². The van der Waals surface area contributed by atoms with E-state index in [9.17, 15) is 4.79 Å². The molecule has 1 N–H and O–H groups in total. The molecule has 2 rings (SSSR count). The molecule has 3 heteroatoms. The van der Waals surface area contributed by atoms with Crippen LogP contribution in [-0.4, -0.2) is 24.7 Å². The van der Waals surface area contributed by atoms with Crippen molar-refractivity contribution in [1.29, 1.82) is 0 Å². The summed E-state index contributed by atoms with van der Waals surface area (Å²) in [6.07, 6.45) is 16.7. The lowest BCUT2D eigenvalue weighted by Gasteiger charge is -2.28. The summed E-state index contributed by atoms with van der Waals surface area (Å²) in [4.78, 5) is 12.3. The van der Waals surface area contributed by atoms with Crippen LogP contribution in [0, 0.1) is 18.3 Å². The molecule has 2 atom stereocenters. The number of methoxy groups -OCH3 is 1. The lowest BCUT2D eigenvalue weighted by atomic mass is 9.76. The molecule has 1 aliphatic carbocycles. The molecule has 20 heavy (non-hydrogen) atoms. The third kappa shape index (κ3) is 2.53. The van der Waals surface area contributed by atoms with Crippen molar-refractivity contribution in [2.24, 2.45) is 5.92 Å². The normalized spacial score (nSPS) is 31.1. The Bertz CT molecular complexity index is 466. The van der Waals surface area contributed by atoms with Gasteiger partial charge in [-0.3, -0.25) is 5.32 Å². The molecular weight excluding hydrogens is 250 g/mol. The van der Waals surface area contributed by atoms with E-state index in [4.69, 9.17) is 11.2 Å². The lowest BCUT2D eigenvalue weighted by molar-refractivity contribution is -0.145. The van der Waals surface area contributed by atoms with Crippen molar-refractivity contribution in [3.63, 3.8) is 0 Å². The zero-order chi connectivity index (χ0) is 14.6.